The highest BCUT2D eigenvalue weighted by Crippen LogP contribution is 2.67. The molecular weight excluding hydrogens is 384 g/mol. The maximum atomic E-state index is 10.9. The second-order valence-corrected chi connectivity index (χ2v) is 18.4. The highest BCUT2D eigenvalue weighted by molar-refractivity contribution is 6.74. The van der Waals surface area contributed by atoms with Gasteiger partial charge in [-0.05, 0) is 110 Å². The van der Waals surface area contributed by atoms with Gasteiger partial charge in [-0.2, -0.15) is 0 Å². The maximum Gasteiger partial charge on any atom is 0.192 e. The van der Waals surface area contributed by atoms with Crippen LogP contribution in [0.5, 0.6) is 0 Å². The van der Waals surface area contributed by atoms with Gasteiger partial charge in [0.1, 0.15) is 0 Å². The summed E-state index contributed by atoms with van der Waals surface area (Å²) in [4.78, 5) is 0. The van der Waals surface area contributed by atoms with E-state index in [0.29, 0.717) is 22.9 Å². The molecule has 0 spiro atoms. The summed E-state index contributed by atoms with van der Waals surface area (Å²) < 4.78 is 7.08. The van der Waals surface area contributed by atoms with Crippen LogP contribution >= 0.6 is 0 Å². The average Bonchev–Trinajstić information content (AvgIpc) is 2.97. The monoisotopic (exact) mass is 432 g/mol. The van der Waals surface area contributed by atoms with E-state index in [1.165, 1.54) is 44.9 Å². The van der Waals surface area contributed by atoms with E-state index in [0.717, 1.165) is 30.6 Å². The van der Waals surface area contributed by atoms with Crippen LogP contribution in [-0.2, 0) is 4.43 Å². The largest absolute Gasteiger partial charge is 0.413 e. The van der Waals surface area contributed by atoms with E-state index in [1.54, 1.807) is 0 Å². The van der Waals surface area contributed by atoms with Crippen molar-refractivity contribution in [3.63, 3.8) is 0 Å². The minimum Gasteiger partial charge on any atom is -0.413 e. The van der Waals surface area contributed by atoms with Crippen molar-refractivity contribution >= 4 is 8.32 Å². The van der Waals surface area contributed by atoms with E-state index in [-0.39, 0.29) is 5.04 Å². The van der Waals surface area contributed by atoms with Crippen molar-refractivity contribution in [2.24, 2.45) is 34.5 Å². The fourth-order valence-electron chi connectivity index (χ4n) is 8.14. The van der Waals surface area contributed by atoms with Gasteiger partial charge in [0.15, 0.2) is 8.32 Å². The summed E-state index contributed by atoms with van der Waals surface area (Å²) >= 11 is 0. The zero-order valence-corrected chi connectivity index (χ0v) is 21.9. The number of aliphatic hydroxyl groups is 1. The highest BCUT2D eigenvalue weighted by atomic mass is 28.4. The molecule has 1 unspecified atom stereocenters. The van der Waals surface area contributed by atoms with Gasteiger partial charge in [-0.15, -0.1) is 6.58 Å². The van der Waals surface area contributed by atoms with Crippen molar-refractivity contribution in [2.45, 2.75) is 122 Å². The molecular formula is C27H48O2Si. The summed E-state index contributed by atoms with van der Waals surface area (Å²) in [5, 5.41) is 11.2. The molecule has 4 saturated carbocycles. The van der Waals surface area contributed by atoms with Gasteiger partial charge >= 0.3 is 0 Å². The lowest BCUT2D eigenvalue weighted by Gasteiger charge is -2.62. The molecule has 0 aromatic carbocycles. The Balaban J connectivity index is 1.54. The van der Waals surface area contributed by atoms with Crippen LogP contribution in [0, 0.1) is 34.5 Å². The van der Waals surface area contributed by atoms with Gasteiger partial charge in [-0.25, -0.2) is 0 Å². The summed E-state index contributed by atoms with van der Waals surface area (Å²) in [5.41, 5.74) is 0.171. The van der Waals surface area contributed by atoms with Crippen molar-refractivity contribution in [3.05, 3.63) is 12.7 Å². The first-order chi connectivity index (χ1) is 13.8. The second-order valence-electron chi connectivity index (χ2n) is 13.7. The third-order valence-corrected chi connectivity index (χ3v) is 15.8. The fourth-order valence-corrected chi connectivity index (χ4v) is 9.59. The second kappa shape index (κ2) is 7.19. The first-order valence-electron chi connectivity index (χ1n) is 12.8. The quantitative estimate of drug-likeness (QED) is 0.373. The number of fused-ring (bicyclic) bond motifs is 5. The molecule has 0 aromatic rings. The topological polar surface area (TPSA) is 29.5 Å². The predicted octanol–water partition coefficient (Wildman–Crippen LogP) is 7.34. The Morgan fingerprint density at radius 2 is 1.60 bits per heavy atom. The fraction of sp³-hybridized carbons (Fsp3) is 0.926. The lowest BCUT2D eigenvalue weighted by atomic mass is 9.44. The molecule has 0 saturated heterocycles. The minimum atomic E-state index is -1.74. The SMILES string of the molecule is C=C[C@@]1(O)CC[C@@]2(C)C(CC[C@H]3[C@@H]4CC[C@H](O[Si](C)(C)C(C)(C)C)[C@@]4(C)CC[C@@H]32)C1. The Labute approximate surface area is 187 Å². The van der Waals surface area contributed by atoms with Crippen LogP contribution in [-0.4, -0.2) is 25.1 Å². The van der Waals surface area contributed by atoms with Gasteiger partial charge in [0.25, 0.3) is 0 Å². The zero-order valence-electron chi connectivity index (χ0n) is 20.9. The van der Waals surface area contributed by atoms with Crippen LogP contribution in [0.4, 0.5) is 0 Å². The third kappa shape index (κ3) is 3.41. The number of hydrogen-bond donors (Lipinski definition) is 1. The molecule has 3 heteroatoms. The van der Waals surface area contributed by atoms with Gasteiger partial charge in [0.05, 0.1) is 11.7 Å². The summed E-state index contributed by atoms with van der Waals surface area (Å²) in [6, 6.07) is 0. The molecule has 0 radical (unpaired) electrons. The van der Waals surface area contributed by atoms with Crippen molar-refractivity contribution in [2.75, 3.05) is 0 Å². The molecule has 0 heterocycles. The van der Waals surface area contributed by atoms with Gasteiger partial charge < -0.3 is 9.53 Å². The molecule has 0 aliphatic heterocycles. The Bertz CT molecular complexity index is 681. The molecule has 2 nitrogen and oxygen atoms in total. The minimum absolute atomic E-state index is 0.286. The predicted molar refractivity (Wildman–Crippen MR) is 129 cm³/mol. The van der Waals surface area contributed by atoms with Gasteiger partial charge in [-0.3, -0.25) is 0 Å². The Hall–Kier alpha value is -0.123. The molecule has 172 valence electrons. The van der Waals surface area contributed by atoms with Crippen LogP contribution in [0.1, 0.15) is 92.4 Å². The number of hydrogen-bond acceptors (Lipinski definition) is 2. The first kappa shape index (κ1) is 23.0. The molecule has 4 fully saturated rings. The van der Waals surface area contributed by atoms with Crippen molar-refractivity contribution in [3.8, 4) is 0 Å². The van der Waals surface area contributed by atoms with E-state index in [1.807, 2.05) is 6.08 Å². The Morgan fingerprint density at radius 3 is 2.23 bits per heavy atom. The molecule has 0 bridgehead atoms. The van der Waals surface area contributed by atoms with E-state index in [2.05, 4.69) is 54.3 Å². The standard InChI is InChI=1S/C27H48O2Si/c1-9-27(28)17-16-25(5)19(18-27)10-11-20-21-12-13-23(26(21,6)15-14-22(20)25)29-30(7,8)24(2,3)4/h9,19-23,28H,1,10-18H2,2-8H3/t19?,20-,21-,22-,23-,25-,26-,27+/m0/s1. The van der Waals surface area contributed by atoms with Gasteiger partial charge in [-0.1, -0.05) is 40.7 Å². The lowest BCUT2D eigenvalue weighted by molar-refractivity contribution is -0.144. The van der Waals surface area contributed by atoms with Crippen LogP contribution in [0.2, 0.25) is 18.1 Å². The molecule has 1 N–H and O–H groups in total. The molecule has 30 heavy (non-hydrogen) atoms. The molecule has 4 rings (SSSR count). The molecule has 0 amide bonds. The van der Waals surface area contributed by atoms with E-state index < -0.39 is 13.9 Å². The third-order valence-electron chi connectivity index (χ3n) is 11.3. The zero-order chi connectivity index (χ0) is 22.2. The summed E-state index contributed by atoms with van der Waals surface area (Å²) in [6.07, 6.45) is 13.3. The van der Waals surface area contributed by atoms with Crippen LogP contribution in [0.15, 0.2) is 12.7 Å². The normalized spacial score (nSPS) is 49.1. The van der Waals surface area contributed by atoms with E-state index in [4.69, 9.17) is 4.43 Å². The summed E-state index contributed by atoms with van der Waals surface area (Å²) in [6.45, 7) is 21.1. The van der Waals surface area contributed by atoms with E-state index >= 15 is 0 Å². The molecule has 4 aliphatic carbocycles. The van der Waals surface area contributed by atoms with Crippen molar-refractivity contribution in [1.29, 1.82) is 0 Å². The van der Waals surface area contributed by atoms with Crippen LogP contribution in [0.3, 0.4) is 0 Å². The molecule has 0 aromatic heterocycles. The highest BCUT2D eigenvalue weighted by Gasteiger charge is 2.62. The average molecular weight is 433 g/mol. The van der Waals surface area contributed by atoms with Crippen molar-refractivity contribution in [1.82, 2.24) is 0 Å². The molecule has 4 aliphatic rings. The van der Waals surface area contributed by atoms with E-state index in [9.17, 15) is 5.11 Å². The maximum absolute atomic E-state index is 10.9. The molecule has 8 atom stereocenters. The summed E-state index contributed by atoms with van der Waals surface area (Å²) in [5.74, 6) is 3.22. The Kier molecular flexibility index (Phi) is 5.52. The van der Waals surface area contributed by atoms with Gasteiger partial charge in [0, 0.05) is 0 Å². The van der Waals surface area contributed by atoms with Crippen molar-refractivity contribution < 1.29 is 9.53 Å². The number of rotatable bonds is 3. The van der Waals surface area contributed by atoms with Gasteiger partial charge in [0.2, 0.25) is 0 Å². The smallest absolute Gasteiger partial charge is 0.192 e. The summed E-state index contributed by atoms with van der Waals surface area (Å²) in [7, 11) is -1.74. The van der Waals surface area contributed by atoms with Crippen LogP contribution < -0.4 is 0 Å². The Morgan fingerprint density at radius 1 is 0.933 bits per heavy atom. The first-order valence-corrected chi connectivity index (χ1v) is 15.7. The lowest BCUT2D eigenvalue weighted by Crippen LogP contribution is -2.57. The van der Waals surface area contributed by atoms with Crippen LogP contribution in [0.25, 0.3) is 0 Å².